The van der Waals surface area contributed by atoms with Gasteiger partial charge in [0.2, 0.25) is 0 Å². The number of esters is 2. The first-order valence-corrected chi connectivity index (χ1v) is 13.1. The van der Waals surface area contributed by atoms with Crippen LogP contribution in [0.4, 0.5) is 0 Å². The third-order valence-electron chi connectivity index (χ3n) is 6.25. The molecule has 0 radical (unpaired) electrons. The number of nitrogens with one attached hydrogen (secondary N) is 1. The van der Waals surface area contributed by atoms with Crippen LogP contribution in [0.2, 0.25) is 0 Å². The first-order chi connectivity index (χ1) is 17.8. The van der Waals surface area contributed by atoms with Crippen molar-refractivity contribution >= 4 is 11.9 Å². The SMILES string of the molecule is CCC(CCc1ccc(-c2ccccc2C(=O)OC(C)(C)C)cc1)OC(=O)c1nc[nH]c1C(O)C(C)(C)C. The van der Waals surface area contributed by atoms with E-state index < -0.39 is 23.1 Å². The van der Waals surface area contributed by atoms with Crippen LogP contribution in [0.15, 0.2) is 54.9 Å². The lowest BCUT2D eigenvalue weighted by Crippen LogP contribution is -2.24. The monoisotopic (exact) mass is 520 g/mol. The molecule has 0 aliphatic carbocycles. The van der Waals surface area contributed by atoms with Gasteiger partial charge in [0.15, 0.2) is 5.69 Å². The maximum atomic E-state index is 12.9. The molecule has 2 atom stereocenters. The summed E-state index contributed by atoms with van der Waals surface area (Å²) >= 11 is 0. The Balaban J connectivity index is 1.66. The number of ether oxygens (including phenoxy) is 2. The highest BCUT2D eigenvalue weighted by molar-refractivity contribution is 5.97. The summed E-state index contributed by atoms with van der Waals surface area (Å²) in [6, 6.07) is 15.5. The molecule has 2 unspecified atom stereocenters. The number of hydrogen-bond acceptors (Lipinski definition) is 6. The van der Waals surface area contributed by atoms with E-state index in [2.05, 4.69) is 9.97 Å². The summed E-state index contributed by atoms with van der Waals surface area (Å²) in [5.41, 5.74) is 2.85. The van der Waals surface area contributed by atoms with Gasteiger partial charge in [0.1, 0.15) is 17.8 Å². The molecule has 0 aliphatic rings. The minimum absolute atomic E-state index is 0.124. The lowest BCUT2D eigenvalue weighted by atomic mass is 9.86. The molecule has 2 N–H and O–H groups in total. The molecule has 0 amide bonds. The molecule has 1 aromatic heterocycles. The molecule has 7 heteroatoms. The van der Waals surface area contributed by atoms with Crippen molar-refractivity contribution in [2.75, 3.05) is 0 Å². The number of rotatable bonds is 9. The van der Waals surface area contributed by atoms with Gasteiger partial charge in [-0.3, -0.25) is 0 Å². The Kier molecular flexibility index (Phi) is 9.15. The van der Waals surface area contributed by atoms with Gasteiger partial charge in [0.05, 0.1) is 17.6 Å². The number of aliphatic hydroxyl groups excluding tert-OH is 1. The summed E-state index contributed by atoms with van der Waals surface area (Å²) in [5.74, 6) is -0.884. The molecule has 204 valence electrons. The molecule has 0 aliphatic heterocycles. The quantitative estimate of drug-likeness (QED) is 0.305. The third-order valence-corrected chi connectivity index (χ3v) is 6.25. The van der Waals surface area contributed by atoms with E-state index in [9.17, 15) is 14.7 Å². The molecule has 0 spiro atoms. The Morgan fingerprint density at radius 2 is 1.63 bits per heavy atom. The van der Waals surface area contributed by atoms with Crippen molar-refractivity contribution in [2.24, 2.45) is 5.41 Å². The summed E-state index contributed by atoms with van der Waals surface area (Å²) in [7, 11) is 0. The van der Waals surface area contributed by atoms with E-state index in [1.165, 1.54) is 6.33 Å². The number of aromatic amines is 1. The number of carbonyl (C=O) groups excluding carboxylic acids is 2. The van der Waals surface area contributed by atoms with Crippen molar-refractivity contribution < 1.29 is 24.2 Å². The van der Waals surface area contributed by atoms with E-state index in [1.807, 2.05) is 90.9 Å². The van der Waals surface area contributed by atoms with Gasteiger partial charge in [-0.2, -0.15) is 0 Å². The van der Waals surface area contributed by atoms with Gasteiger partial charge in [-0.1, -0.05) is 70.2 Å². The third kappa shape index (κ3) is 7.54. The van der Waals surface area contributed by atoms with E-state index in [0.717, 1.165) is 23.1 Å². The molecular formula is C31H40N2O5. The number of hydrogen-bond donors (Lipinski definition) is 2. The fourth-order valence-corrected chi connectivity index (χ4v) is 4.09. The molecule has 1 heterocycles. The summed E-state index contributed by atoms with van der Waals surface area (Å²) < 4.78 is 11.3. The van der Waals surface area contributed by atoms with E-state index >= 15 is 0 Å². The van der Waals surface area contributed by atoms with Crippen LogP contribution < -0.4 is 0 Å². The Labute approximate surface area is 225 Å². The minimum Gasteiger partial charge on any atom is -0.458 e. The Bertz CT molecular complexity index is 1230. The van der Waals surface area contributed by atoms with Gasteiger partial charge in [-0.15, -0.1) is 0 Å². The maximum Gasteiger partial charge on any atom is 0.359 e. The van der Waals surface area contributed by atoms with E-state index in [4.69, 9.17) is 9.47 Å². The number of aryl methyl sites for hydroxylation is 1. The zero-order chi connectivity index (χ0) is 28.1. The fraction of sp³-hybridized carbons (Fsp3) is 0.452. The van der Waals surface area contributed by atoms with Gasteiger partial charge in [-0.25, -0.2) is 14.6 Å². The number of imidazole rings is 1. The molecule has 0 saturated heterocycles. The lowest BCUT2D eigenvalue weighted by Gasteiger charge is -2.25. The Morgan fingerprint density at radius 3 is 2.24 bits per heavy atom. The molecule has 38 heavy (non-hydrogen) atoms. The molecule has 3 rings (SSSR count). The summed E-state index contributed by atoms with van der Waals surface area (Å²) in [6.45, 7) is 13.2. The lowest BCUT2D eigenvalue weighted by molar-refractivity contribution is 0.00698. The zero-order valence-corrected chi connectivity index (χ0v) is 23.5. The predicted molar refractivity (Wildman–Crippen MR) is 148 cm³/mol. The second-order valence-corrected chi connectivity index (χ2v) is 11.7. The topological polar surface area (TPSA) is 102 Å². The van der Waals surface area contributed by atoms with Gasteiger partial charge in [0.25, 0.3) is 0 Å². The van der Waals surface area contributed by atoms with Crippen LogP contribution in [0.1, 0.15) is 99.5 Å². The number of carbonyl (C=O) groups is 2. The second-order valence-electron chi connectivity index (χ2n) is 11.7. The highest BCUT2D eigenvalue weighted by Crippen LogP contribution is 2.33. The zero-order valence-electron chi connectivity index (χ0n) is 23.5. The molecule has 2 aromatic carbocycles. The maximum absolute atomic E-state index is 12.9. The molecular weight excluding hydrogens is 480 g/mol. The van der Waals surface area contributed by atoms with Crippen LogP contribution in [0.3, 0.4) is 0 Å². The standard InChI is InChI=1S/C31H40N2O5/c1-8-22(37-29(36)26-25(32-19-33-26)27(34)30(2,3)4)18-15-20-13-16-21(17-14-20)23-11-9-10-12-24(23)28(35)38-31(5,6)7/h9-14,16-17,19,22,27,34H,8,15,18H2,1-7H3,(H,32,33). The van der Waals surface area contributed by atoms with Crippen LogP contribution in [-0.2, 0) is 15.9 Å². The first-order valence-electron chi connectivity index (χ1n) is 13.1. The average molecular weight is 521 g/mol. The van der Waals surface area contributed by atoms with Crippen LogP contribution in [0.5, 0.6) is 0 Å². The molecule has 3 aromatic rings. The molecule has 0 saturated carbocycles. The van der Waals surface area contributed by atoms with Crippen molar-refractivity contribution in [1.29, 1.82) is 0 Å². The molecule has 0 fully saturated rings. The van der Waals surface area contributed by atoms with Gasteiger partial charge < -0.3 is 19.6 Å². The largest absolute Gasteiger partial charge is 0.458 e. The highest BCUT2D eigenvalue weighted by Gasteiger charge is 2.31. The van der Waals surface area contributed by atoms with Crippen LogP contribution in [0.25, 0.3) is 11.1 Å². The number of aliphatic hydroxyl groups is 1. The van der Waals surface area contributed by atoms with Crippen LogP contribution in [0, 0.1) is 5.41 Å². The Hall–Kier alpha value is -3.45. The van der Waals surface area contributed by atoms with Crippen molar-refractivity contribution in [3.63, 3.8) is 0 Å². The highest BCUT2D eigenvalue weighted by atomic mass is 16.6. The summed E-state index contributed by atoms with van der Waals surface area (Å²) in [6.07, 6.45) is 2.28. The summed E-state index contributed by atoms with van der Waals surface area (Å²) in [5, 5.41) is 10.6. The first kappa shape index (κ1) is 29.1. The normalized spacial score (nSPS) is 13.6. The molecule has 7 nitrogen and oxygen atoms in total. The number of H-pyrrole nitrogens is 1. The number of nitrogens with zero attached hydrogens (tertiary/aromatic N) is 1. The van der Waals surface area contributed by atoms with E-state index in [-0.39, 0.29) is 17.8 Å². The van der Waals surface area contributed by atoms with Gasteiger partial charge >= 0.3 is 11.9 Å². The smallest absolute Gasteiger partial charge is 0.359 e. The predicted octanol–water partition coefficient (Wildman–Crippen LogP) is 6.68. The molecule has 0 bridgehead atoms. The van der Waals surface area contributed by atoms with Crippen molar-refractivity contribution in [3.8, 4) is 11.1 Å². The van der Waals surface area contributed by atoms with Crippen molar-refractivity contribution in [3.05, 3.63) is 77.4 Å². The van der Waals surface area contributed by atoms with Crippen LogP contribution in [-0.4, -0.2) is 38.7 Å². The van der Waals surface area contributed by atoms with Crippen LogP contribution >= 0.6 is 0 Å². The van der Waals surface area contributed by atoms with E-state index in [0.29, 0.717) is 24.1 Å². The Morgan fingerprint density at radius 1 is 0.974 bits per heavy atom. The average Bonchev–Trinajstić information content (AvgIpc) is 3.34. The summed E-state index contributed by atoms with van der Waals surface area (Å²) in [4.78, 5) is 32.6. The van der Waals surface area contributed by atoms with Crippen molar-refractivity contribution in [1.82, 2.24) is 9.97 Å². The minimum atomic E-state index is -0.869. The number of aromatic nitrogens is 2. The van der Waals surface area contributed by atoms with Gasteiger partial charge in [-0.05, 0) is 68.2 Å². The number of benzene rings is 2. The fourth-order valence-electron chi connectivity index (χ4n) is 4.09. The van der Waals surface area contributed by atoms with Crippen molar-refractivity contribution in [2.45, 2.75) is 85.5 Å². The van der Waals surface area contributed by atoms with E-state index in [1.54, 1.807) is 6.07 Å². The van der Waals surface area contributed by atoms with Gasteiger partial charge in [0, 0.05) is 0 Å². The second kappa shape index (κ2) is 11.9.